The van der Waals surface area contributed by atoms with Crippen LogP contribution in [0.25, 0.3) is 0 Å². The molecule has 0 bridgehead atoms. The Balaban J connectivity index is -0.000000750. The van der Waals surface area contributed by atoms with Crippen molar-refractivity contribution >= 4 is 48.9 Å². The molecule has 1 rings (SSSR count). The van der Waals surface area contributed by atoms with Crippen LogP contribution in [-0.4, -0.2) is 54.0 Å². The van der Waals surface area contributed by atoms with Crippen LogP contribution in [0.3, 0.4) is 0 Å². The fourth-order valence-electron chi connectivity index (χ4n) is 1.82. The molecule has 0 radical (unpaired) electrons. The number of hydrogen-bond acceptors (Lipinski definition) is 1. The molecule has 1 aromatic rings. The zero-order valence-corrected chi connectivity index (χ0v) is 14.9. The molecule has 16 heavy (non-hydrogen) atoms. The minimum Gasteiger partial charge on any atom is -1.00 e. The largest absolute Gasteiger partial charge is 2.00 e. The maximum Gasteiger partial charge on any atom is 2.00 e. The van der Waals surface area contributed by atoms with Crippen LogP contribution < -0.4 is 0 Å². The zero-order chi connectivity index (χ0) is 10.9. The second kappa shape index (κ2) is 10.7. The van der Waals surface area contributed by atoms with Gasteiger partial charge in [-0.25, -0.2) is 0 Å². The molecule has 88 valence electrons. The predicted molar refractivity (Wildman–Crippen MR) is 73.2 cm³/mol. The fraction of sp³-hybridized carbons (Fsp3) is 0.571. The van der Waals surface area contributed by atoms with Crippen LogP contribution in [-0.2, 0) is 6.42 Å². The van der Waals surface area contributed by atoms with Gasteiger partial charge in [0.15, 0.2) is 0 Å². The molecular formula is C14H24BaO. The molecule has 0 saturated carbocycles. The van der Waals surface area contributed by atoms with Gasteiger partial charge in [-0.05, 0) is 24.5 Å². The summed E-state index contributed by atoms with van der Waals surface area (Å²) in [5.41, 5.74) is 1.09. The van der Waals surface area contributed by atoms with Gasteiger partial charge < -0.3 is 7.96 Å². The number of benzene rings is 1. The maximum atomic E-state index is 9.55. The summed E-state index contributed by atoms with van der Waals surface area (Å²) in [6, 6.07) is 7.65. The van der Waals surface area contributed by atoms with Crippen molar-refractivity contribution in [2.24, 2.45) is 0 Å². The number of aromatic hydroxyl groups is 1. The third-order valence-electron chi connectivity index (χ3n) is 2.79. The molecule has 0 heterocycles. The average Bonchev–Trinajstić information content (AvgIpc) is 2.25. The molecule has 0 aliphatic rings. The molecular weight excluding hydrogens is 321 g/mol. The van der Waals surface area contributed by atoms with Crippen LogP contribution in [0.4, 0.5) is 0 Å². The third kappa shape index (κ3) is 7.02. The summed E-state index contributed by atoms with van der Waals surface area (Å²) in [5.74, 6) is 0.450. The Bertz CT molecular complexity index is 282. The van der Waals surface area contributed by atoms with E-state index in [1.807, 2.05) is 18.2 Å². The van der Waals surface area contributed by atoms with Crippen LogP contribution >= 0.6 is 0 Å². The van der Waals surface area contributed by atoms with Gasteiger partial charge in [-0.15, -0.1) is 0 Å². The van der Waals surface area contributed by atoms with E-state index in [-0.39, 0.29) is 51.7 Å². The molecule has 0 spiro atoms. The van der Waals surface area contributed by atoms with Gasteiger partial charge in [0.05, 0.1) is 0 Å². The summed E-state index contributed by atoms with van der Waals surface area (Å²) in [6.45, 7) is 2.24. The van der Waals surface area contributed by atoms with Crippen LogP contribution in [0.2, 0.25) is 0 Å². The van der Waals surface area contributed by atoms with Gasteiger partial charge in [0, 0.05) is 0 Å². The van der Waals surface area contributed by atoms with E-state index >= 15 is 0 Å². The molecule has 0 aromatic heterocycles. The predicted octanol–water partition coefficient (Wildman–Crippen LogP) is 4.14. The van der Waals surface area contributed by atoms with E-state index in [0.717, 1.165) is 12.0 Å². The molecule has 0 atom stereocenters. The molecule has 0 saturated heterocycles. The summed E-state index contributed by atoms with van der Waals surface area (Å²) in [5, 5.41) is 9.55. The number of phenols is 1. The van der Waals surface area contributed by atoms with E-state index in [1.165, 1.54) is 38.5 Å². The fourth-order valence-corrected chi connectivity index (χ4v) is 1.82. The van der Waals surface area contributed by atoms with E-state index in [1.54, 1.807) is 6.07 Å². The molecule has 0 amide bonds. The van der Waals surface area contributed by atoms with Crippen molar-refractivity contribution in [3.05, 3.63) is 29.8 Å². The van der Waals surface area contributed by atoms with Crippen LogP contribution in [0.15, 0.2) is 24.3 Å². The Hall–Kier alpha value is 0.591. The SMILES string of the molecule is CCCCCCCCc1ccccc1O.[Ba+2].[H-].[H-]. The monoisotopic (exact) mass is 346 g/mol. The molecule has 0 fully saturated rings. The van der Waals surface area contributed by atoms with Crippen molar-refractivity contribution in [1.29, 1.82) is 0 Å². The van der Waals surface area contributed by atoms with Gasteiger partial charge in [-0.3, -0.25) is 0 Å². The summed E-state index contributed by atoms with van der Waals surface area (Å²) in [7, 11) is 0. The summed E-state index contributed by atoms with van der Waals surface area (Å²) < 4.78 is 0. The molecule has 1 aromatic carbocycles. The van der Waals surface area contributed by atoms with Gasteiger partial charge >= 0.3 is 48.9 Å². The van der Waals surface area contributed by atoms with Gasteiger partial charge in [0.1, 0.15) is 5.75 Å². The van der Waals surface area contributed by atoms with E-state index in [9.17, 15) is 5.11 Å². The van der Waals surface area contributed by atoms with Crippen molar-refractivity contribution in [3.63, 3.8) is 0 Å². The quantitative estimate of drug-likeness (QED) is 0.582. The normalized spacial score (nSPS) is 9.81. The standard InChI is InChI=1S/C14H22O.Ba.2H/c1-2-3-4-5-6-7-10-13-11-8-9-12-14(13)15;;;/h8-9,11-12,15H,2-7,10H2,1H3;;;/q;+2;2*-1. The number of aryl methyl sites for hydroxylation is 1. The maximum absolute atomic E-state index is 9.55. The number of unbranched alkanes of at least 4 members (excludes halogenated alkanes) is 5. The van der Waals surface area contributed by atoms with Crippen molar-refractivity contribution in [2.75, 3.05) is 0 Å². The third-order valence-corrected chi connectivity index (χ3v) is 2.79. The average molecular weight is 346 g/mol. The summed E-state index contributed by atoms with van der Waals surface area (Å²) >= 11 is 0. The molecule has 0 unspecified atom stereocenters. The first kappa shape index (κ1) is 16.6. The molecule has 1 N–H and O–H groups in total. The Morgan fingerprint density at radius 3 is 2.31 bits per heavy atom. The summed E-state index contributed by atoms with van der Waals surface area (Å²) in [4.78, 5) is 0. The molecule has 0 aliphatic heterocycles. The first-order chi connectivity index (χ1) is 7.34. The smallest absolute Gasteiger partial charge is 1.00 e. The van der Waals surface area contributed by atoms with E-state index < -0.39 is 0 Å². The molecule has 0 aliphatic carbocycles. The van der Waals surface area contributed by atoms with Gasteiger partial charge in [-0.1, -0.05) is 57.2 Å². The van der Waals surface area contributed by atoms with Gasteiger partial charge in [0.2, 0.25) is 0 Å². The Labute approximate surface area is 143 Å². The Morgan fingerprint density at radius 2 is 1.62 bits per heavy atom. The number of rotatable bonds is 7. The first-order valence-corrected chi connectivity index (χ1v) is 6.11. The van der Waals surface area contributed by atoms with E-state index in [2.05, 4.69) is 6.92 Å². The number of para-hydroxylation sites is 1. The number of phenolic OH excluding ortho intramolecular Hbond substituents is 1. The Morgan fingerprint density at radius 1 is 1.00 bits per heavy atom. The van der Waals surface area contributed by atoms with Crippen LogP contribution in [0.1, 0.15) is 53.9 Å². The second-order valence-corrected chi connectivity index (χ2v) is 4.15. The van der Waals surface area contributed by atoms with Crippen LogP contribution in [0, 0.1) is 0 Å². The minimum atomic E-state index is 0. The Kier molecular flexibility index (Phi) is 11.1. The molecule has 1 nitrogen and oxygen atoms in total. The van der Waals surface area contributed by atoms with Crippen molar-refractivity contribution in [2.45, 2.75) is 51.9 Å². The summed E-state index contributed by atoms with van der Waals surface area (Å²) in [6.07, 6.45) is 8.85. The van der Waals surface area contributed by atoms with E-state index in [4.69, 9.17) is 0 Å². The topological polar surface area (TPSA) is 20.2 Å². The van der Waals surface area contributed by atoms with E-state index in [0.29, 0.717) is 5.75 Å². The number of hydrogen-bond donors (Lipinski definition) is 1. The van der Waals surface area contributed by atoms with Crippen molar-refractivity contribution in [3.8, 4) is 5.75 Å². The van der Waals surface area contributed by atoms with Gasteiger partial charge in [-0.2, -0.15) is 0 Å². The molecule has 2 heteroatoms. The van der Waals surface area contributed by atoms with Crippen molar-refractivity contribution < 1.29 is 7.96 Å². The second-order valence-electron chi connectivity index (χ2n) is 4.15. The van der Waals surface area contributed by atoms with Crippen molar-refractivity contribution in [1.82, 2.24) is 0 Å². The minimum absolute atomic E-state index is 0. The van der Waals surface area contributed by atoms with Crippen LogP contribution in [0.5, 0.6) is 5.75 Å². The zero-order valence-electron chi connectivity index (χ0n) is 12.4. The first-order valence-electron chi connectivity index (χ1n) is 6.11. The van der Waals surface area contributed by atoms with Gasteiger partial charge in [0.25, 0.3) is 0 Å².